The van der Waals surface area contributed by atoms with Gasteiger partial charge in [0, 0.05) is 6.04 Å². The van der Waals surface area contributed by atoms with E-state index in [9.17, 15) is 9.90 Å². The molecule has 1 aromatic rings. The Morgan fingerprint density at radius 1 is 1.21 bits per heavy atom. The van der Waals surface area contributed by atoms with Gasteiger partial charge in [0.15, 0.2) is 0 Å². The van der Waals surface area contributed by atoms with Crippen molar-refractivity contribution in [3.05, 3.63) is 30.3 Å². The first-order valence-corrected chi connectivity index (χ1v) is 9.08. The van der Waals surface area contributed by atoms with Crippen LogP contribution < -0.4 is 15.4 Å². The van der Waals surface area contributed by atoms with Crippen molar-refractivity contribution in [2.45, 2.75) is 44.2 Å². The fraction of sp³-hybridized carbons (Fsp3) is 0.632. The van der Waals surface area contributed by atoms with Gasteiger partial charge in [0.05, 0.1) is 19.1 Å². The lowest BCUT2D eigenvalue weighted by Crippen LogP contribution is -2.53. The highest BCUT2D eigenvalue weighted by Crippen LogP contribution is 2.35. The van der Waals surface area contributed by atoms with E-state index in [4.69, 9.17) is 4.74 Å². The standard InChI is InChI=1S/C19H28N2O3/c22-16-12-15(13-16)19(14-6-9-20-10-7-14)21-18(23)8-11-24-17-4-2-1-3-5-17/h1-5,14-16,19-20,22H,6-13H2,(H,21,23)/t15?,16?,19-/m0/s1. The lowest BCUT2D eigenvalue weighted by Gasteiger charge is -2.43. The van der Waals surface area contributed by atoms with Gasteiger partial charge in [0.25, 0.3) is 0 Å². The molecule has 1 saturated carbocycles. The van der Waals surface area contributed by atoms with Crippen LogP contribution in [0.4, 0.5) is 0 Å². The summed E-state index contributed by atoms with van der Waals surface area (Å²) in [5, 5.41) is 16.2. The highest BCUT2D eigenvalue weighted by Gasteiger charge is 2.39. The SMILES string of the molecule is O=C(CCOc1ccccc1)N[C@@H](C1CCNCC1)C1CC(O)C1. The van der Waals surface area contributed by atoms with Gasteiger partial charge in [-0.3, -0.25) is 4.79 Å². The molecule has 0 spiro atoms. The summed E-state index contributed by atoms with van der Waals surface area (Å²) in [6.45, 7) is 2.43. The van der Waals surface area contributed by atoms with Crippen LogP contribution >= 0.6 is 0 Å². The number of amides is 1. The molecule has 2 aliphatic rings. The van der Waals surface area contributed by atoms with Crippen LogP contribution in [0.1, 0.15) is 32.1 Å². The Kier molecular flexibility index (Phi) is 6.10. The Labute approximate surface area is 143 Å². The van der Waals surface area contributed by atoms with Gasteiger partial charge in [0.2, 0.25) is 5.91 Å². The molecular weight excluding hydrogens is 304 g/mol. The Morgan fingerprint density at radius 3 is 2.58 bits per heavy atom. The summed E-state index contributed by atoms with van der Waals surface area (Å²) in [5.74, 6) is 1.78. The average Bonchev–Trinajstić information content (AvgIpc) is 2.59. The number of rotatable bonds is 7. The summed E-state index contributed by atoms with van der Waals surface area (Å²) in [4.78, 5) is 12.3. The largest absolute Gasteiger partial charge is 0.493 e. The van der Waals surface area contributed by atoms with Crippen LogP contribution in [0.5, 0.6) is 5.75 Å². The molecule has 0 unspecified atom stereocenters. The molecule has 24 heavy (non-hydrogen) atoms. The van der Waals surface area contributed by atoms with Crippen molar-refractivity contribution in [3.63, 3.8) is 0 Å². The number of nitrogens with one attached hydrogen (secondary N) is 2. The number of aliphatic hydroxyl groups is 1. The minimum Gasteiger partial charge on any atom is -0.493 e. The molecule has 1 aromatic carbocycles. The van der Waals surface area contributed by atoms with E-state index in [1.165, 1.54) is 0 Å². The molecule has 1 heterocycles. The first kappa shape index (κ1) is 17.2. The molecule has 0 bridgehead atoms. The molecular formula is C19H28N2O3. The van der Waals surface area contributed by atoms with Crippen molar-refractivity contribution in [2.75, 3.05) is 19.7 Å². The average molecular weight is 332 g/mol. The van der Waals surface area contributed by atoms with Crippen molar-refractivity contribution in [1.82, 2.24) is 10.6 Å². The van der Waals surface area contributed by atoms with Crippen LogP contribution in [0.15, 0.2) is 30.3 Å². The molecule has 0 aromatic heterocycles. The second-order valence-electron chi connectivity index (χ2n) is 6.98. The zero-order valence-corrected chi connectivity index (χ0v) is 14.1. The predicted octanol–water partition coefficient (Wildman–Crippen LogP) is 1.71. The van der Waals surface area contributed by atoms with Gasteiger partial charge in [-0.05, 0) is 62.7 Å². The third-order valence-electron chi connectivity index (χ3n) is 5.22. The quantitative estimate of drug-likeness (QED) is 0.711. The third kappa shape index (κ3) is 4.71. The minimum atomic E-state index is -0.183. The van der Waals surface area contributed by atoms with Crippen molar-refractivity contribution in [1.29, 1.82) is 0 Å². The van der Waals surface area contributed by atoms with Gasteiger partial charge < -0.3 is 20.5 Å². The number of benzene rings is 1. The Bertz CT molecular complexity index is 511. The van der Waals surface area contributed by atoms with E-state index in [-0.39, 0.29) is 18.1 Å². The summed E-state index contributed by atoms with van der Waals surface area (Å²) in [6.07, 6.45) is 4.00. The zero-order valence-electron chi connectivity index (χ0n) is 14.1. The van der Waals surface area contributed by atoms with Crippen LogP contribution in [0.25, 0.3) is 0 Å². The third-order valence-corrected chi connectivity index (χ3v) is 5.22. The van der Waals surface area contributed by atoms with E-state index in [1.807, 2.05) is 30.3 Å². The molecule has 3 N–H and O–H groups in total. The van der Waals surface area contributed by atoms with E-state index >= 15 is 0 Å². The van der Waals surface area contributed by atoms with Crippen molar-refractivity contribution < 1.29 is 14.6 Å². The van der Waals surface area contributed by atoms with Crippen molar-refractivity contribution in [3.8, 4) is 5.75 Å². The van der Waals surface area contributed by atoms with E-state index < -0.39 is 0 Å². The number of aliphatic hydroxyl groups excluding tert-OH is 1. The Morgan fingerprint density at radius 2 is 1.92 bits per heavy atom. The number of hydrogen-bond donors (Lipinski definition) is 3. The van der Waals surface area contributed by atoms with E-state index in [1.54, 1.807) is 0 Å². The maximum Gasteiger partial charge on any atom is 0.223 e. The van der Waals surface area contributed by atoms with E-state index in [2.05, 4.69) is 10.6 Å². The van der Waals surface area contributed by atoms with Gasteiger partial charge >= 0.3 is 0 Å². The topological polar surface area (TPSA) is 70.6 Å². The van der Waals surface area contributed by atoms with Gasteiger partial charge in [0.1, 0.15) is 5.75 Å². The van der Waals surface area contributed by atoms with E-state index in [0.29, 0.717) is 24.9 Å². The second kappa shape index (κ2) is 8.49. The lowest BCUT2D eigenvalue weighted by molar-refractivity contribution is -0.124. The molecule has 0 radical (unpaired) electrons. The molecule has 5 nitrogen and oxygen atoms in total. The Balaban J connectivity index is 1.47. The summed E-state index contributed by atoms with van der Waals surface area (Å²) < 4.78 is 5.61. The molecule has 2 fully saturated rings. The first-order chi connectivity index (χ1) is 11.7. The maximum absolute atomic E-state index is 12.3. The molecule has 1 atom stereocenters. The number of hydrogen-bond acceptors (Lipinski definition) is 4. The van der Waals surface area contributed by atoms with E-state index in [0.717, 1.165) is 44.5 Å². The molecule has 1 aliphatic carbocycles. The van der Waals surface area contributed by atoms with Crippen molar-refractivity contribution >= 4 is 5.91 Å². The smallest absolute Gasteiger partial charge is 0.223 e. The number of piperidine rings is 1. The molecule has 1 aliphatic heterocycles. The van der Waals surface area contributed by atoms with Crippen molar-refractivity contribution in [2.24, 2.45) is 11.8 Å². The Hall–Kier alpha value is -1.59. The van der Waals surface area contributed by atoms with Gasteiger partial charge in [-0.2, -0.15) is 0 Å². The van der Waals surface area contributed by atoms with Crippen LogP contribution in [0, 0.1) is 11.8 Å². The van der Waals surface area contributed by atoms with Crippen LogP contribution in [0.2, 0.25) is 0 Å². The number of ether oxygens (including phenoxy) is 1. The fourth-order valence-corrected chi connectivity index (χ4v) is 3.78. The monoisotopic (exact) mass is 332 g/mol. The van der Waals surface area contributed by atoms with Gasteiger partial charge in [-0.1, -0.05) is 18.2 Å². The normalized spacial score (nSPS) is 25.5. The number of carbonyl (C=O) groups excluding carboxylic acids is 1. The first-order valence-electron chi connectivity index (χ1n) is 9.08. The fourth-order valence-electron chi connectivity index (χ4n) is 3.78. The molecule has 1 saturated heterocycles. The molecule has 3 rings (SSSR count). The molecule has 5 heteroatoms. The number of para-hydroxylation sites is 1. The highest BCUT2D eigenvalue weighted by atomic mass is 16.5. The second-order valence-corrected chi connectivity index (χ2v) is 6.98. The summed E-state index contributed by atoms with van der Waals surface area (Å²) in [7, 11) is 0. The molecule has 1 amide bonds. The highest BCUT2D eigenvalue weighted by molar-refractivity contribution is 5.76. The summed E-state index contributed by atoms with van der Waals surface area (Å²) in [5.41, 5.74) is 0. The maximum atomic E-state index is 12.3. The van der Waals surface area contributed by atoms with Gasteiger partial charge in [-0.25, -0.2) is 0 Å². The van der Waals surface area contributed by atoms with Crippen LogP contribution in [0.3, 0.4) is 0 Å². The molecule has 132 valence electrons. The summed E-state index contributed by atoms with van der Waals surface area (Å²) in [6, 6.07) is 9.77. The van der Waals surface area contributed by atoms with Crippen LogP contribution in [-0.2, 0) is 4.79 Å². The lowest BCUT2D eigenvalue weighted by atomic mass is 9.71. The predicted molar refractivity (Wildman–Crippen MR) is 92.8 cm³/mol. The summed E-state index contributed by atoms with van der Waals surface area (Å²) >= 11 is 0. The van der Waals surface area contributed by atoms with Crippen LogP contribution in [-0.4, -0.2) is 42.9 Å². The minimum absolute atomic E-state index is 0.0517. The zero-order chi connectivity index (χ0) is 16.8. The van der Waals surface area contributed by atoms with Gasteiger partial charge in [-0.15, -0.1) is 0 Å². The number of carbonyl (C=O) groups is 1.